The molecule has 0 aliphatic rings. The highest BCUT2D eigenvalue weighted by Gasteiger charge is 2.07. The van der Waals surface area contributed by atoms with E-state index in [1.54, 1.807) is 7.11 Å². The fraction of sp³-hybridized carbons (Fsp3) is 0.357. The summed E-state index contributed by atoms with van der Waals surface area (Å²) in [7, 11) is 1.63. The number of rotatable bonds is 6. The van der Waals surface area contributed by atoms with E-state index in [4.69, 9.17) is 15.2 Å². The minimum atomic E-state index is 0.0123. The van der Waals surface area contributed by atoms with E-state index in [-0.39, 0.29) is 12.0 Å². The quantitative estimate of drug-likeness (QED) is 0.834. The average molecular weight is 289 g/mol. The number of benzene rings is 1. The van der Waals surface area contributed by atoms with Gasteiger partial charge in [-0.15, -0.1) is 0 Å². The second-order valence-corrected chi connectivity index (χ2v) is 4.71. The van der Waals surface area contributed by atoms with Crippen molar-refractivity contribution in [2.75, 3.05) is 24.8 Å². The Bertz CT molecular complexity index is 606. The SMILES string of the molecule is COc1cc(C)cc(OCC(C)Nc2ncnc(N)n2)c1. The molecule has 112 valence electrons. The highest BCUT2D eigenvalue weighted by atomic mass is 16.5. The number of nitrogens with zero attached hydrogens (tertiary/aromatic N) is 3. The summed E-state index contributed by atoms with van der Waals surface area (Å²) >= 11 is 0. The minimum Gasteiger partial charge on any atom is -0.497 e. The summed E-state index contributed by atoms with van der Waals surface area (Å²) in [6, 6.07) is 5.76. The summed E-state index contributed by atoms with van der Waals surface area (Å²) in [5, 5.41) is 3.10. The van der Waals surface area contributed by atoms with Crippen molar-refractivity contribution in [2.24, 2.45) is 0 Å². The molecule has 3 N–H and O–H groups in total. The van der Waals surface area contributed by atoms with E-state index in [1.807, 2.05) is 32.0 Å². The van der Waals surface area contributed by atoms with Crippen molar-refractivity contribution < 1.29 is 9.47 Å². The molecule has 0 radical (unpaired) electrons. The Kier molecular flexibility index (Phi) is 4.76. The van der Waals surface area contributed by atoms with Gasteiger partial charge in [0.05, 0.1) is 13.2 Å². The Morgan fingerprint density at radius 2 is 2.00 bits per heavy atom. The third-order valence-corrected chi connectivity index (χ3v) is 2.73. The van der Waals surface area contributed by atoms with E-state index in [9.17, 15) is 0 Å². The van der Waals surface area contributed by atoms with E-state index < -0.39 is 0 Å². The summed E-state index contributed by atoms with van der Waals surface area (Å²) in [5.74, 6) is 2.15. The second-order valence-electron chi connectivity index (χ2n) is 4.71. The van der Waals surface area contributed by atoms with Crippen LogP contribution in [0.25, 0.3) is 0 Å². The molecule has 0 bridgehead atoms. The van der Waals surface area contributed by atoms with Crippen molar-refractivity contribution >= 4 is 11.9 Å². The summed E-state index contributed by atoms with van der Waals surface area (Å²) in [6.45, 7) is 4.41. The monoisotopic (exact) mass is 289 g/mol. The molecule has 0 spiro atoms. The number of nitrogens with two attached hydrogens (primary N) is 1. The summed E-state index contributed by atoms with van der Waals surface area (Å²) in [4.78, 5) is 11.7. The molecular formula is C14H19N5O2. The predicted molar refractivity (Wildman–Crippen MR) is 80.6 cm³/mol. The molecule has 1 aromatic carbocycles. The number of nitrogen functional groups attached to an aromatic ring is 1. The normalized spacial score (nSPS) is 11.8. The number of methoxy groups -OCH3 is 1. The van der Waals surface area contributed by atoms with Crippen LogP contribution in [0.4, 0.5) is 11.9 Å². The van der Waals surface area contributed by atoms with Crippen LogP contribution < -0.4 is 20.5 Å². The Morgan fingerprint density at radius 1 is 1.24 bits per heavy atom. The van der Waals surface area contributed by atoms with Crippen molar-refractivity contribution in [1.82, 2.24) is 15.0 Å². The topological polar surface area (TPSA) is 95.2 Å². The number of hydrogen-bond donors (Lipinski definition) is 2. The van der Waals surface area contributed by atoms with E-state index in [1.165, 1.54) is 6.33 Å². The Balaban J connectivity index is 1.92. The van der Waals surface area contributed by atoms with E-state index >= 15 is 0 Å². The number of ether oxygens (including phenoxy) is 2. The average Bonchev–Trinajstić information content (AvgIpc) is 2.44. The van der Waals surface area contributed by atoms with Crippen molar-refractivity contribution in [2.45, 2.75) is 19.9 Å². The lowest BCUT2D eigenvalue weighted by Gasteiger charge is -2.15. The number of hydrogen-bond acceptors (Lipinski definition) is 7. The molecule has 1 heterocycles. The number of anilines is 2. The maximum Gasteiger partial charge on any atom is 0.227 e. The molecule has 0 fully saturated rings. The molecule has 0 aliphatic heterocycles. The Morgan fingerprint density at radius 3 is 2.71 bits per heavy atom. The first kappa shape index (κ1) is 14.8. The molecule has 2 rings (SSSR count). The van der Waals surface area contributed by atoms with Gasteiger partial charge in [0.2, 0.25) is 11.9 Å². The molecule has 7 nitrogen and oxygen atoms in total. The van der Waals surface area contributed by atoms with Crippen molar-refractivity contribution in [3.63, 3.8) is 0 Å². The molecule has 7 heteroatoms. The van der Waals surface area contributed by atoms with E-state index in [2.05, 4.69) is 20.3 Å². The maximum atomic E-state index is 5.75. The highest BCUT2D eigenvalue weighted by molar-refractivity contribution is 5.38. The number of aromatic nitrogens is 3. The smallest absolute Gasteiger partial charge is 0.227 e. The van der Waals surface area contributed by atoms with Gasteiger partial charge in [-0.05, 0) is 31.5 Å². The zero-order valence-corrected chi connectivity index (χ0v) is 12.3. The maximum absolute atomic E-state index is 5.75. The van der Waals surface area contributed by atoms with Crippen LogP contribution >= 0.6 is 0 Å². The van der Waals surface area contributed by atoms with Gasteiger partial charge < -0.3 is 20.5 Å². The largest absolute Gasteiger partial charge is 0.497 e. The zero-order chi connectivity index (χ0) is 15.2. The van der Waals surface area contributed by atoms with Crippen molar-refractivity contribution in [3.8, 4) is 11.5 Å². The fourth-order valence-corrected chi connectivity index (χ4v) is 1.78. The van der Waals surface area contributed by atoms with Crippen molar-refractivity contribution in [3.05, 3.63) is 30.1 Å². The molecule has 0 saturated heterocycles. The van der Waals surface area contributed by atoms with E-state index in [0.29, 0.717) is 12.6 Å². The van der Waals surface area contributed by atoms with Gasteiger partial charge in [-0.1, -0.05) is 0 Å². The molecule has 1 unspecified atom stereocenters. The van der Waals surface area contributed by atoms with Gasteiger partial charge in [0, 0.05) is 6.07 Å². The van der Waals surface area contributed by atoms with Crippen LogP contribution in [0.5, 0.6) is 11.5 Å². The van der Waals surface area contributed by atoms with Crippen LogP contribution in [0.1, 0.15) is 12.5 Å². The molecule has 1 aromatic heterocycles. The minimum absolute atomic E-state index is 0.0123. The van der Waals surface area contributed by atoms with Gasteiger partial charge in [0.25, 0.3) is 0 Å². The van der Waals surface area contributed by atoms with Crippen molar-refractivity contribution in [1.29, 1.82) is 0 Å². The lowest BCUT2D eigenvalue weighted by molar-refractivity contribution is 0.301. The highest BCUT2D eigenvalue weighted by Crippen LogP contribution is 2.22. The molecule has 0 aliphatic carbocycles. The first-order chi connectivity index (χ1) is 10.1. The third kappa shape index (κ3) is 4.48. The third-order valence-electron chi connectivity index (χ3n) is 2.73. The van der Waals surface area contributed by atoms with Gasteiger partial charge >= 0.3 is 0 Å². The van der Waals surface area contributed by atoms with Gasteiger partial charge in [0.1, 0.15) is 24.4 Å². The molecule has 0 amide bonds. The summed E-state index contributed by atoms with van der Waals surface area (Å²) < 4.78 is 11.0. The number of aryl methyl sites for hydroxylation is 1. The molecule has 2 aromatic rings. The lowest BCUT2D eigenvalue weighted by Crippen LogP contribution is -2.25. The van der Waals surface area contributed by atoms with Crippen LogP contribution in [0, 0.1) is 6.92 Å². The lowest BCUT2D eigenvalue weighted by atomic mass is 10.2. The molecule has 1 atom stereocenters. The first-order valence-electron chi connectivity index (χ1n) is 6.56. The van der Waals surface area contributed by atoms with Crippen LogP contribution in [0.2, 0.25) is 0 Å². The first-order valence-corrected chi connectivity index (χ1v) is 6.56. The van der Waals surface area contributed by atoms with Crippen LogP contribution in [0.3, 0.4) is 0 Å². The molecule has 21 heavy (non-hydrogen) atoms. The molecular weight excluding hydrogens is 270 g/mol. The Hall–Kier alpha value is -2.57. The zero-order valence-electron chi connectivity index (χ0n) is 12.3. The van der Waals surface area contributed by atoms with Crippen LogP contribution in [-0.2, 0) is 0 Å². The predicted octanol–water partition coefficient (Wildman–Crippen LogP) is 1.65. The van der Waals surface area contributed by atoms with Gasteiger partial charge in [-0.2, -0.15) is 4.98 Å². The van der Waals surface area contributed by atoms with Crippen LogP contribution in [0.15, 0.2) is 24.5 Å². The fourth-order valence-electron chi connectivity index (χ4n) is 1.78. The van der Waals surface area contributed by atoms with E-state index in [0.717, 1.165) is 17.1 Å². The number of nitrogens with one attached hydrogen (secondary N) is 1. The van der Waals surface area contributed by atoms with Gasteiger partial charge in [0.15, 0.2) is 0 Å². The summed E-state index contributed by atoms with van der Waals surface area (Å²) in [6.07, 6.45) is 1.36. The van der Waals surface area contributed by atoms with Crippen LogP contribution in [-0.4, -0.2) is 34.7 Å². The second kappa shape index (κ2) is 6.74. The summed E-state index contributed by atoms with van der Waals surface area (Å²) in [5.41, 5.74) is 6.58. The van der Waals surface area contributed by atoms with Gasteiger partial charge in [-0.3, -0.25) is 0 Å². The van der Waals surface area contributed by atoms with Gasteiger partial charge in [-0.25, -0.2) is 9.97 Å². The molecule has 0 saturated carbocycles. The Labute approximate surface area is 123 Å². The standard InChI is InChI=1S/C14H19N5O2/c1-9-4-11(20-3)6-12(5-9)21-7-10(2)18-14-17-8-16-13(15)19-14/h4-6,8,10H,7H2,1-3H3,(H3,15,16,17,18,19).